The van der Waals surface area contributed by atoms with Crippen LogP contribution >= 0.6 is 0 Å². The minimum absolute atomic E-state index is 1.13. The van der Waals surface area contributed by atoms with Gasteiger partial charge in [0.1, 0.15) is 16.5 Å². The minimum Gasteiger partial charge on any atom is -0.353 e. The highest BCUT2D eigenvalue weighted by molar-refractivity contribution is 7.04. The largest absolute Gasteiger partial charge is 0.353 e. The van der Waals surface area contributed by atoms with Gasteiger partial charge in [-0.3, -0.25) is 0 Å². The molecule has 0 aromatic rings. The standard InChI is InChI=1S/C11H30N2Si3.C11H26N2Si.C7H18N2Si/c1-11-16(10,12(2)3)13(14(4,5)6)15(7,8)9;1-7-12(8-2)14(6,11-5)13(9-3)10-4;1-7-10(6,8(2)3)9(4)5/h11H,1H2,2-10H3;11H,5,7-10H2,1-4,6H3;7H,1H2,2-6H3. The highest BCUT2D eigenvalue weighted by Gasteiger charge is 2.47. The fourth-order valence-corrected chi connectivity index (χ4v) is 32.4. The van der Waals surface area contributed by atoms with Gasteiger partial charge in [-0.1, -0.05) is 84.1 Å². The Morgan fingerprint density at radius 3 is 0.725 bits per heavy atom. The van der Waals surface area contributed by atoms with E-state index in [1.165, 1.54) is 0 Å². The number of hydrogen-bond acceptors (Lipinski definition) is 6. The molecule has 6 nitrogen and oxygen atoms in total. The van der Waals surface area contributed by atoms with Crippen LogP contribution in [0.25, 0.3) is 0 Å². The Labute approximate surface area is 259 Å². The predicted molar refractivity (Wildman–Crippen MR) is 201 cm³/mol. The third-order valence-corrected chi connectivity index (χ3v) is 34.4. The van der Waals surface area contributed by atoms with Crippen molar-refractivity contribution in [3.8, 4) is 0 Å². The Hall–Kier alpha value is 0.0644. The molecule has 0 N–H and O–H groups in total. The molecule has 0 saturated carbocycles. The van der Waals surface area contributed by atoms with Crippen molar-refractivity contribution in [1.29, 1.82) is 0 Å². The molecular weight excluding hydrogens is 573 g/mol. The summed E-state index contributed by atoms with van der Waals surface area (Å²) < 4.78 is 15.0. The van der Waals surface area contributed by atoms with Gasteiger partial charge in [0.05, 0.1) is 0 Å². The number of nitrogens with zero attached hydrogens (tertiary/aromatic N) is 6. The molecule has 0 aliphatic rings. The Morgan fingerprint density at radius 1 is 0.425 bits per heavy atom. The van der Waals surface area contributed by atoms with Gasteiger partial charge in [0.25, 0.3) is 0 Å². The SMILES string of the molecule is C=C[Si](C)(N(C)C)N(C)C.C=C[Si](C)(N(C)C)N([Si](C)(C)C)[Si](C)(C)C.C=C[Si](C)(N(CC)CC)N(CC)CC. The summed E-state index contributed by atoms with van der Waals surface area (Å²) in [6.45, 7) is 47.3. The van der Waals surface area contributed by atoms with E-state index in [-0.39, 0.29) is 0 Å². The van der Waals surface area contributed by atoms with E-state index in [4.69, 9.17) is 0 Å². The molecular formula is C29H74N6Si5. The lowest BCUT2D eigenvalue weighted by atomic mass is 10.7. The summed E-state index contributed by atoms with van der Waals surface area (Å²) in [5, 5.41) is 0. The van der Waals surface area contributed by atoms with Gasteiger partial charge in [-0.2, -0.15) is 0 Å². The molecule has 0 radical (unpaired) electrons. The molecule has 40 heavy (non-hydrogen) atoms. The van der Waals surface area contributed by atoms with Crippen LogP contribution in [0.4, 0.5) is 0 Å². The van der Waals surface area contributed by atoms with Crippen molar-refractivity contribution >= 4 is 41.7 Å². The van der Waals surface area contributed by atoms with Crippen LogP contribution in [0.2, 0.25) is 58.9 Å². The predicted octanol–water partition coefficient (Wildman–Crippen LogP) is 6.69. The maximum Gasteiger partial charge on any atom is 0.228 e. The summed E-state index contributed by atoms with van der Waals surface area (Å²) in [7, 11) is 5.60. The smallest absolute Gasteiger partial charge is 0.228 e. The van der Waals surface area contributed by atoms with Crippen LogP contribution in [0.3, 0.4) is 0 Å². The Bertz CT molecular complexity index is 691. The van der Waals surface area contributed by atoms with Crippen molar-refractivity contribution in [1.82, 2.24) is 26.7 Å². The molecule has 0 spiro atoms. The van der Waals surface area contributed by atoms with Gasteiger partial charge in [-0.25, -0.2) is 0 Å². The van der Waals surface area contributed by atoms with Crippen LogP contribution in [0.15, 0.2) is 36.8 Å². The van der Waals surface area contributed by atoms with Crippen molar-refractivity contribution < 1.29 is 0 Å². The zero-order chi connectivity index (χ0) is 32.9. The number of hydrogen-bond donors (Lipinski definition) is 0. The van der Waals surface area contributed by atoms with Gasteiger partial charge in [0.2, 0.25) is 25.2 Å². The second kappa shape index (κ2) is 18.7. The second-order valence-electron chi connectivity index (χ2n) is 13.6. The van der Waals surface area contributed by atoms with Gasteiger partial charge < -0.3 is 26.7 Å². The molecule has 0 aliphatic heterocycles. The summed E-state index contributed by atoms with van der Waals surface area (Å²) in [6.07, 6.45) is 0. The van der Waals surface area contributed by atoms with Crippen LogP contribution in [0.5, 0.6) is 0 Å². The topological polar surface area (TPSA) is 19.4 Å². The first kappa shape index (κ1) is 44.5. The molecule has 0 amide bonds. The fourth-order valence-electron chi connectivity index (χ4n) is 5.79. The molecule has 0 aromatic heterocycles. The van der Waals surface area contributed by atoms with E-state index in [1.54, 1.807) is 0 Å². The normalized spacial score (nSPS) is 14.6. The molecule has 0 bridgehead atoms. The van der Waals surface area contributed by atoms with Gasteiger partial charge in [0, 0.05) is 0 Å². The molecule has 0 fully saturated rings. The van der Waals surface area contributed by atoms with E-state index in [2.05, 4.69) is 192 Å². The molecule has 0 saturated heterocycles. The van der Waals surface area contributed by atoms with E-state index >= 15 is 0 Å². The van der Waals surface area contributed by atoms with Crippen molar-refractivity contribution in [2.45, 2.75) is 86.6 Å². The Balaban J connectivity index is -0.000000527. The summed E-state index contributed by atoms with van der Waals surface area (Å²) in [5.74, 6) is 0. The molecule has 1 atom stereocenters. The summed E-state index contributed by atoms with van der Waals surface area (Å²) >= 11 is 0. The highest BCUT2D eigenvalue weighted by Crippen LogP contribution is 2.29. The maximum absolute atomic E-state index is 4.12. The van der Waals surface area contributed by atoms with Crippen LogP contribution in [-0.2, 0) is 0 Å². The van der Waals surface area contributed by atoms with Crippen molar-refractivity contribution in [3.05, 3.63) is 36.8 Å². The average Bonchev–Trinajstić information content (AvgIpc) is 2.83. The van der Waals surface area contributed by atoms with Crippen LogP contribution in [-0.4, -0.2) is 137 Å². The zero-order valence-electron chi connectivity index (χ0n) is 30.9. The molecule has 0 heterocycles. The second-order valence-corrected chi connectivity index (χ2v) is 36.7. The highest BCUT2D eigenvalue weighted by atomic mass is 28.5. The lowest BCUT2D eigenvalue weighted by Gasteiger charge is -2.55. The van der Waals surface area contributed by atoms with Crippen molar-refractivity contribution in [2.24, 2.45) is 0 Å². The van der Waals surface area contributed by atoms with Gasteiger partial charge in [0.15, 0.2) is 0 Å². The van der Waals surface area contributed by atoms with Crippen LogP contribution in [0.1, 0.15) is 27.7 Å². The zero-order valence-corrected chi connectivity index (χ0v) is 35.9. The van der Waals surface area contributed by atoms with Crippen molar-refractivity contribution in [2.75, 3.05) is 68.5 Å². The Kier molecular flexibility index (Phi) is 20.8. The monoisotopic (exact) mass is 646 g/mol. The van der Waals surface area contributed by atoms with Gasteiger partial charge in [-0.15, -0.1) is 19.7 Å². The lowest BCUT2D eigenvalue weighted by molar-refractivity contribution is 0.366. The fraction of sp³-hybridized carbons (Fsp3) is 0.793. The summed E-state index contributed by atoms with van der Waals surface area (Å²) in [4.78, 5) is 0. The first-order valence-corrected chi connectivity index (χ1v) is 29.5. The van der Waals surface area contributed by atoms with E-state index in [0.717, 1.165) is 26.2 Å². The first-order chi connectivity index (χ1) is 17.9. The van der Waals surface area contributed by atoms with Crippen LogP contribution < -0.4 is 0 Å². The van der Waals surface area contributed by atoms with Gasteiger partial charge >= 0.3 is 0 Å². The first-order valence-electron chi connectivity index (χ1n) is 15.2. The molecule has 0 aliphatic carbocycles. The summed E-state index contributed by atoms with van der Waals surface area (Å²) in [5.41, 5.74) is 6.52. The third-order valence-electron chi connectivity index (χ3n) is 8.48. The van der Waals surface area contributed by atoms with Crippen LogP contribution in [0, 0.1) is 0 Å². The van der Waals surface area contributed by atoms with E-state index in [0.29, 0.717) is 0 Å². The maximum atomic E-state index is 4.12. The minimum atomic E-state index is -1.65. The average molecular weight is 647 g/mol. The van der Waals surface area contributed by atoms with E-state index in [9.17, 15) is 0 Å². The molecule has 0 rings (SSSR count). The van der Waals surface area contributed by atoms with E-state index < -0.39 is 41.7 Å². The number of rotatable bonds is 15. The van der Waals surface area contributed by atoms with E-state index in [1.807, 2.05) is 0 Å². The molecule has 11 heteroatoms. The lowest BCUT2D eigenvalue weighted by Crippen LogP contribution is -2.75. The summed E-state index contributed by atoms with van der Waals surface area (Å²) in [6, 6.07) is 0. The van der Waals surface area contributed by atoms with Gasteiger partial charge in [-0.05, 0) is 88.1 Å². The molecule has 240 valence electrons. The quantitative estimate of drug-likeness (QED) is 0.183. The van der Waals surface area contributed by atoms with Crippen molar-refractivity contribution in [3.63, 3.8) is 0 Å². The molecule has 1 unspecified atom stereocenters. The third kappa shape index (κ3) is 12.4. The molecule has 0 aromatic carbocycles. The Morgan fingerprint density at radius 2 is 0.650 bits per heavy atom.